The van der Waals surface area contributed by atoms with Crippen molar-refractivity contribution in [2.24, 2.45) is 5.92 Å². The molecule has 0 bridgehead atoms. The number of nitrogens with one attached hydrogen (secondary N) is 1. The summed E-state index contributed by atoms with van der Waals surface area (Å²) in [6, 6.07) is 6.33. The van der Waals surface area contributed by atoms with Gasteiger partial charge in [0, 0.05) is 50.7 Å². The Bertz CT molecular complexity index is 893. The zero-order valence-electron chi connectivity index (χ0n) is 16.1. The van der Waals surface area contributed by atoms with Gasteiger partial charge in [0.05, 0.1) is 11.1 Å². The third-order valence-corrected chi connectivity index (χ3v) is 6.39. The van der Waals surface area contributed by atoms with Crippen molar-refractivity contribution < 1.29 is 13.2 Å². The summed E-state index contributed by atoms with van der Waals surface area (Å²) < 4.78 is 27.3. The lowest BCUT2D eigenvalue weighted by Gasteiger charge is -2.34. The molecule has 0 radical (unpaired) electrons. The zero-order valence-corrected chi connectivity index (χ0v) is 16.9. The first-order valence-corrected chi connectivity index (χ1v) is 10.7. The summed E-state index contributed by atoms with van der Waals surface area (Å²) in [6.45, 7) is 5.82. The Morgan fingerprint density at radius 2 is 1.79 bits per heavy atom. The van der Waals surface area contributed by atoms with Crippen molar-refractivity contribution in [3.63, 3.8) is 0 Å². The molecule has 0 saturated carbocycles. The molecule has 0 atom stereocenters. The molecule has 8 nitrogen and oxygen atoms in total. The Balaban J connectivity index is 1.62. The summed E-state index contributed by atoms with van der Waals surface area (Å²) in [7, 11) is -3.57. The molecule has 0 spiro atoms. The molecular formula is C19H25N5O3S. The van der Waals surface area contributed by atoms with Crippen LogP contribution in [0.3, 0.4) is 0 Å². The number of rotatable bonds is 6. The van der Waals surface area contributed by atoms with E-state index in [-0.39, 0.29) is 16.7 Å². The highest BCUT2D eigenvalue weighted by atomic mass is 32.2. The van der Waals surface area contributed by atoms with E-state index >= 15 is 0 Å². The van der Waals surface area contributed by atoms with Gasteiger partial charge >= 0.3 is 0 Å². The number of anilines is 2. The Labute approximate surface area is 165 Å². The monoisotopic (exact) mass is 403 g/mol. The second-order valence-corrected chi connectivity index (χ2v) is 9.06. The fourth-order valence-corrected chi connectivity index (χ4v) is 4.48. The first-order chi connectivity index (χ1) is 13.4. The van der Waals surface area contributed by atoms with Crippen molar-refractivity contribution in [2.75, 3.05) is 36.4 Å². The number of carbonyl (C=O) groups is 1. The van der Waals surface area contributed by atoms with E-state index in [9.17, 15) is 13.2 Å². The van der Waals surface area contributed by atoms with Crippen LogP contribution in [0.5, 0.6) is 0 Å². The molecule has 1 amide bonds. The van der Waals surface area contributed by atoms with Gasteiger partial charge < -0.3 is 10.2 Å². The lowest BCUT2D eigenvalue weighted by molar-refractivity contribution is -0.116. The normalized spacial score (nSPS) is 15.6. The summed E-state index contributed by atoms with van der Waals surface area (Å²) in [5, 5.41) is 2.79. The van der Waals surface area contributed by atoms with Crippen LogP contribution in [0.1, 0.15) is 20.3 Å². The minimum Gasteiger partial charge on any atom is -0.353 e. The number of amides is 1. The Hall–Kier alpha value is -2.52. The predicted octanol–water partition coefficient (Wildman–Crippen LogP) is 1.97. The number of aromatic nitrogens is 2. The van der Waals surface area contributed by atoms with Crippen molar-refractivity contribution in [3.05, 3.63) is 42.9 Å². The molecule has 150 valence electrons. The molecule has 1 N–H and O–H groups in total. The second kappa shape index (κ2) is 8.66. The highest BCUT2D eigenvalue weighted by molar-refractivity contribution is 7.89. The highest BCUT2D eigenvalue weighted by Crippen LogP contribution is 2.21. The Morgan fingerprint density at radius 1 is 1.11 bits per heavy atom. The van der Waals surface area contributed by atoms with E-state index in [4.69, 9.17) is 0 Å². The van der Waals surface area contributed by atoms with Crippen molar-refractivity contribution in [3.8, 4) is 0 Å². The van der Waals surface area contributed by atoms with E-state index in [0.29, 0.717) is 38.3 Å². The van der Waals surface area contributed by atoms with Gasteiger partial charge in [-0.25, -0.2) is 13.4 Å². The van der Waals surface area contributed by atoms with Crippen molar-refractivity contribution >= 4 is 27.4 Å². The van der Waals surface area contributed by atoms with Gasteiger partial charge in [0.1, 0.15) is 5.82 Å². The van der Waals surface area contributed by atoms with Gasteiger partial charge in [-0.3, -0.25) is 9.78 Å². The summed E-state index contributed by atoms with van der Waals surface area (Å²) in [5.41, 5.74) is 0.595. The molecule has 28 heavy (non-hydrogen) atoms. The topological polar surface area (TPSA) is 95.5 Å². The number of nitrogens with zero attached hydrogens (tertiary/aromatic N) is 4. The standard InChI is InChI=1S/C19H25N5O3S/c1-15(2)13-19(25)22-16-3-5-17(6-4-16)28(26,27)24-11-9-23(10-12-24)18-14-20-7-8-21-18/h3-8,14-15H,9-13H2,1-2H3,(H,22,25). The number of carbonyl (C=O) groups excluding carboxylic acids is 1. The van der Waals surface area contributed by atoms with Crippen LogP contribution in [-0.4, -0.2) is 54.8 Å². The molecule has 0 unspecified atom stereocenters. The zero-order chi connectivity index (χ0) is 20.1. The smallest absolute Gasteiger partial charge is 0.243 e. The number of sulfonamides is 1. The predicted molar refractivity (Wildman–Crippen MR) is 108 cm³/mol. The van der Waals surface area contributed by atoms with Crippen LogP contribution >= 0.6 is 0 Å². The van der Waals surface area contributed by atoms with Gasteiger partial charge in [-0.2, -0.15) is 4.31 Å². The molecule has 1 aliphatic rings. The lowest BCUT2D eigenvalue weighted by Crippen LogP contribution is -2.48. The SMILES string of the molecule is CC(C)CC(=O)Nc1ccc(S(=O)(=O)N2CCN(c3cnccn3)CC2)cc1. The van der Waals surface area contributed by atoms with Crippen LogP contribution in [0.25, 0.3) is 0 Å². The maximum absolute atomic E-state index is 12.9. The van der Waals surface area contributed by atoms with Crippen LogP contribution in [0.15, 0.2) is 47.8 Å². The highest BCUT2D eigenvalue weighted by Gasteiger charge is 2.29. The number of benzene rings is 1. The van der Waals surface area contributed by atoms with Gasteiger partial charge in [0.15, 0.2) is 0 Å². The number of hydrogen-bond acceptors (Lipinski definition) is 6. The third kappa shape index (κ3) is 4.85. The minimum atomic E-state index is -3.57. The van der Waals surface area contributed by atoms with Crippen LogP contribution < -0.4 is 10.2 Å². The van der Waals surface area contributed by atoms with Crippen molar-refractivity contribution in [2.45, 2.75) is 25.2 Å². The van der Waals surface area contributed by atoms with E-state index in [1.807, 2.05) is 18.7 Å². The summed E-state index contributed by atoms with van der Waals surface area (Å²) in [6.07, 6.45) is 5.34. The van der Waals surface area contributed by atoms with Crippen LogP contribution in [0.2, 0.25) is 0 Å². The van der Waals surface area contributed by atoms with Gasteiger partial charge in [0.2, 0.25) is 15.9 Å². The molecule has 1 fully saturated rings. The first-order valence-electron chi connectivity index (χ1n) is 9.27. The molecule has 3 rings (SSSR count). The van der Waals surface area contributed by atoms with Gasteiger partial charge in [-0.05, 0) is 30.2 Å². The molecule has 2 heterocycles. The Morgan fingerprint density at radius 3 is 2.36 bits per heavy atom. The Kier molecular flexibility index (Phi) is 6.25. The van der Waals surface area contributed by atoms with E-state index in [0.717, 1.165) is 5.82 Å². The molecule has 1 saturated heterocycles. The maximum atomic E-state index is 12.9. The van der Waals surface area contributed by atoms with Gasteiger partial charge in [-0.1, -0.05) is 13.8 Å². The molecule has 9 heteroatoms. The summed E-state index contributed by atoms with van der Waals surface area (Å²) in [4.78, 5) is 22.4. The third-order valence-electron chi connectivity index (χ3n) is 4.48. The number of piperazine rings is 1. The average molecular weight is 404 g/mol. The van der Waals surface area contributed by atoms with E-state index < -0.39 is 10.0 Å². The molecule has 1 aromatic carbocycles. The summed E-state index contributed by atoms with van der Waals surface area (Å²) in [5.74, 6) is 0.937. The fourth-order valence-electron chi connectivity index (χ4n) is 3.05. The van der Waals surface area contributed by atoms with Crippen molar-refractivity contribution in [1.82, 2.24) is 14.3 Å². The van der Waals surface area contributed by atoms with Crippen molar-refractivity contribution in [1.29, 1.82) is 0 Å². The van der Waals surface area contributed by atoms with E-state index in [1.54, 1.807) is 30.7 Å². The maximum Gasteiger partial charge on any atom is 0.243 e. The fraction of sp³-hybridized carbons (Fsp3) is 0.421. The van der Waals surface area contributed by atoms with Gasteiger partial charge in [-0.15, -0.1) is 0 Å². The van der Waals surface area contributed by atoms with Crippen LogP contribution in [0.4, 0.5) is 11.5 Å². The van der Waals surface area contributed by atoms with E-state index in [1.165, 1.54) is 16.4 Å². The molecule has 1 aromatic heterocycles. The largest absolute Gasteiger partial charge is 0.353 e. The molecule has 2 aromatic rings. The first kappa shape index (κ1) is 20.2. The quantitative estimate of drug-likeness (QED) is 0.792. The van der Waals surface area contributed by atoms with Crippen LogP contribution in [-0.2, 0) is 14.8 Å². The minimum absolute atomic E-state index is 0.0780. The number of hydrogen-bond donors (Lipinski definition) is 1. The summed E-state index contributed by atoms with van der Waals surface area (Å²) >= 11 is 0. The van der Waals surface area contributed by atoms with Gasteiger partial charge in [0.25, 0.3) is 0 Å². The van der Waals surface area contributed by atoms with Crippen LogP contribution in [0, 0.1) is 5.92 Å². The molecule has 0 aliphatic carbocycles. The average Bonchev–Trinajstić information content (AvgIpc) is 2.68. The lowest BCUT2D eigenvalue weighted by atomic mass is 10.1. The van der Waals surface area contributed by atoms with E-state index in [2.05, 4.69) is 15.3 Å². The molecular weight excluding hydrogens is 378 g/mol. The molecule has 1 aliphatic heterocycles. The second-order valence-electron chi connectivity index (χ2n) is 7.13.